The fourth-order valence-electron chi connectivity index (χ4n) is 2.51. The van der Waals surface area contributed by atoms with E-state index in [1.807, 2.05) is 0 Å². The molecule has 0 bridgehead atoms. The van der Waals surface area contributed by atoms with Crippen LogP contribution >= 0.6 is 0 Å². The molecule has 3 N–H and O–H groups in total. The average molecular weight is 353 g/mol. The molecular formula is C18H27NO6. The summed E-state index contributed by atoms with van der Waals surface area (Å²) in [5.74, 6) is 0.385. The second kappa shape index (κ2) is 10.6. The Labute approximate surface area is 148 Å². The van der Waals surface area contributed by atoms with Crippen molar-refractivity contribution in [3.8, 4) is 17.2 Å². The Balaban J connectivity index is 2.51. The zero-order chi connectivity index (χ0) is 18.8. The molecule has 1 atom stereocenters. The zero-order valence-electron chi connectivity index (χ0n) is 15.0. The van der Waals surface area contributed by atoms with Crippen LogP contribution in [0.3, 0.4) is 0 Å². The minimum atomic E-state index is -0.974. The van der Waals surface area contributed by atoms with Crippen molar-refractivity contribution in [2.75, 3.05) is 21.3 Å². The maximum Gasteiger partial charge on any atom is 0.320 e. The van der Waals surface area contributed by atoms with Gasteiger partial charge in [-0.05, 0) is 25.0 Å². The van der Waals surface area contributed by atoms with Gasteiger partial charge in [0.1, 0.15) is 6.04 Å². The normalized spacial score (nSPS) is 11.7. The lowest BCUT2D eigenvalue weighted by Gasteiger charge is -2.13. The fraction of sp³-hybridized carbons (Fsp3) is 0.556. The van der Waals surface area contributed by atoms with Crippen LogP contribution in [0.4, 0.5) is 0 Å². The summed E-state index contributed by atoms with van der Waals surface area (Å²) in [6.45, 7) is 0. The number of ether oxygens (including phenoxy) is 3. The Hall–Kier alpha value is -2.28. The first-order chi connectivity index (χ1) is 11.9. The van der Waals surface area contributed by atoms with Crippen molar-refractivity contribution < 1.29 is 28.9 Å². The van der Waals surface area contributed by atoms with Gasteiger partial charge in [0.2, 0.25) is 5.75 Å². The molecule has 1 aromatic rings. The predicted molar refractivity (Wildman–Crippen MR) is 93.7 cm³/mol. The highest BCUT2D eigenvalue weighted by molar-refractivity contribution is 5.97. The SMILES string of the molecule is COc1cc(C(=O)CCCCCCC(N)C(=O)O)cc(OC)c1OC. The first-order valence-electron chi connectivity index (χ1n) is 8.26. The second-order valence-corrected chi connectivity index (χ2v) is 5.73. The summed E-state index contributed by atoms with van der Waals surface area (Å²) in [5.41, 5.74) is 5.96. The number of carboxylic acid groups (broad SMARTS) is 1. The molecule has 1 rings (SSSR count). The summed E-state index contributed by atoms with van der Waals surface area (Å²) in [4.78, 5) is 23.0. The smallest absolute Gasteiger partial charge is 0.320 e. The van der Waals surface area contributed by atoms with Crippen molar-refractivity contribution in [3.05, 3.63) is 17.7 Å². The molecule has 140 valence electrons. The summed E-state index contributed by atoms with van der Waals surface area (Å²) in [6.07, 6.45) is 4.04. The first-order valence-corrected chi connectivity index (χ1v) is 8.26. The van der Waals surface area contributed by atoms with Gasteiger partial charge in [-0.1, -0.05) is 19.3 Å². The molecule has 7 heteroatoms. The molecule has 0 saturated carbocycles. The van der Waals surface area contributed by atoms with Crippen LogP contribution in [0.25, 0.3) is 0 Å². The third kappa shape index (κ3) is 6.26. The highest BCUT2D eigenvalue weighted by atomic mass is 16.5. The van der Waals surface area contributed by atoms with Gasteiger partial charge in [0, 0.05) is 12.0 Å². The van der Waals surface area contributed by atoms with E-state index in [9.17, 15) is 9.59 Å². The molecule has 0 amide bonds. The molecule has 0 heterocycles. The van der Waals surface area contributed by atoms with E-state index < -0.39 is 12.0 Å². The highest BCUT2D eigenvalue weighted by Gasteiger charge is 2.16. The number of carbonyl (C=O) groups is 2. The van der Waals surface area contributed by atoms with Crippen LogP contribution in [0.2, 0.25) is 0 Å². The lowest BCUT2D eigenvalue weighted by molar-refractivity contribution is -0.138. The van der Waals surface area contributed by atoms with E-state index in [1.165, 1.54) is 21.3 Å². The van der Waals surface area contributed by atoms with E-state index in [0.717, 1.165) is 25.7 Å². The van der Waals surface area contributed by atoms with Crippen molar-refractivity contribution in [2.45, 2.75) is 44.6 Å². The number of carboxylic acids is 1. The predicted octanol–water partition coefficient (Wildman–Crippen LogP) is 2.65. The standard InChI is InChI=1S/C18H27NO6/c1-23-15-10-12(11-16(24-2)17(15)25-3)14(20)9-7-5-4-6-8-13(19)18(21)22/h10-11,13H,4-9,19H2,1-3H3,(H,21,22). The summed E-state index contributed by atoms with van der Waals surface area (Å²) in [7, 11) is 4.53. The van der Waals surface area contributed by atoms with Crippen molar-refractivity contribution >= 4 is 11.8 Å². The summed E-state index contributed by atoms with van der Waals surface area (Å²) in [5, 5.41) is 8.71. The Morgan fingerprint density at radius 3 is 2.04 bits per heavy atom. The Morgan fingerprint density at radius 1 is 1.00 bits per heavy atom. The van der Waals surface area contributed by atoms with Gasteiger partial charge in [0.05, 0.1) is 21.3 Å². The lowest BCUT2D eigenvalue weighted by atomic mass is 10.0. The van der Waals surface area contributed by atoms with Gasteiger partial charge in [-0.25, -0.2) is 0 Å². The summed E-state index contributed by atoms with van der Waals surface area (Å²) >= 11 is 0. The minimum absolute atomic E-state index is 0.00138. The number of nitrogens with two attached hydrogens (primary N) is 1. The van der Waals surface area contributed by atoms with Gasteiger partial charge in [-0.2, -0.15) is 0 Å². The summed E-state index contributed by atoms with van der Waals surface area (Å²) < 4.78 is 15.7. The van der Waals surface area contributed by atoms with Gasteiger partial charge in [0.15, 0.2) is 17.3 Å². The quantitative estimate of drug-likeness (QED) is 0.439. The van der Waals surface area contributed by atoms with E-state index in [4.69, 9.17) is 25.1 Å². The number of hydrogen-bond donors (Lipinski definition) is 2. The van der Waals surface area contributed by atoms with Gasteiger partial charge in [-0.15, -0.1) is 0 Å². The number of carbonyl (C=O) groups excluding carboxylic acids is 1. The molecule has 0 aliphatic carbocycles. The molecule has 0 aromatic heterocycles. The molecule has 0 aliphatic rings. The number of unbranched alkanes of at least 4 members (excludes halogenated alkanes) is 3. The zero-order valence-corrected chi connectivity index (χ0v) is 15.0. The molecule has 25 heavy (non-hydrogen) atoms. The van der Waals surface area contributed by atoms with E-state index >= 15 is 0 Å². The van der Waals surface area contributed by atoms with Crippen molar-refractivity contribution in [3.63, 3.8) is 0 Å². The van der Waals surface area contributed by atoms with Crippen molar-refractivity contribution in [2.24, 2.45) is 5.73 Å². The number of ketones is 1. The van der Waals surface area contributed by atoms with E-state index in [2.05, 4.69) is 0 Å². The maximum absolute atomic E-state index is 12.4. The number of aliphatic carboxylic acids is 1. The molecule has 1 unspecified atom stereocenters. The molecule has 0 spiro atoms. The number of Topliss-reactive ketones (excluding diaryl/α,β-unsaturated/α-hetero) is 1. The Kier molecular flexibility index (Phi) is 8.77. The van der Waals surface area contributed by atoms with E-state index in [0.29, 0.717) is 35.7 Å². The molecule has 7 nitrogen and oxygen atoms in total. The Bertz CT molecular complexity index is 562. The molecule has 0 aliphatic heterocycles. The fourth-order valence-corrected chi connectivity index (χ4v) is 2.51. The molecule has 0 radical (unpaired) electrons. The van der Waals surface area contributed by atoms with Crippen LogP contribution in [-0.2, 0) is 4.79 Å². The van der Waals surface area contributed by atoms with Crippen LogP contribution in [0.15, 0.2) is 12.1 Å². The second-order valence-electron chi connectivity index (χ2n) is 5.73. The number of rotatable bonds is 12. The highest BCUT2D eigenvalue weighted by Crippen LogP contribution is 2.38. The van der Waals surface area contributed by atoms with Crippen molar-refractivity contribution in [1.82, 2.24) is 0 Å². The van der Waals surface area contributed by atoms with E-state index in [1.54, 1.807) is 12.1 Å². The third-order valence-corrected chi connectivity index (χ3v) is 3.97. The van der Waals surface area contributed by atoms with Crippen LogP contribution in [0.5, 0.6) is 17.2 Å². The molecule has 1 aromatic carbocycles. The monoisotopic (exact) mass is 353 g/mol. The van der Waals surface area contributed by atoms with Crippen LogP contribution in [0, 0.1) is 0 Å². The van der Waals surface area contributed by atoms with Crippen molar-refractivity contribution in [1.29, 1.82) is 0 Å². The van der Waals surface area contributed by atoms with Crippen LogP contribution in [0.1, 0.15) is 48.9 Å². The molecule has 0 saturated heterocycles. The minimum Gasteiger partial charge on any atom is -0.493 e. The van der Waals surface area contributed by atoms with Crippen LogP contribution < -0.4 is 19.9 Å². The maximum atomic E-state index is 12.4. The summed E-state index contributed by atoms with van der Waals surface area (Å²) in [6, 6.07) is 2.49. The largest absolute Gasteiger partial charge is 0.493 e. The van der Waals surface area contributed by atoms with Gasteiger partial charge < -0.3 is 25.1 Å². The number of hydrogen-bond acceptors (Lipinski definition) is 6. The van der Waals surface area contributed by atoms with E-state index in [-0.39, 0.29) is 5.78 Å². The van der Waals surface area contributed by atoms with Gasteiger partial charge >= 0.3 is 5.97 Å². The first kappa shape index (κ1) is 20.8. The number of methoxy groups -OCH3 is 3. The topological polar surface area (TPSA) is 108 Å². The Morgan fingerprint density at radius 2 is 1.56 bits per heavy atom. The average Bonchev–Trinajstić information content (AvgIpc) is 2.62. The lowest BCUT2D eigenvalue weighted by Crippen LogP contribution is -2.29. The number of benzene rings is 1. The molecular weight excluding hydrogens is 326 g/mol. The molecule has 0 fully saturated rings. The van der Waals surface area contributed by atoms with Gasteiger partial charge in [0.25, 0.3) is 0 Å². The third-order valence-electron chi connectivity index (χ3n) is 3.97. The van der Waals surface area contributed by atoms with Crippen LogP contribution in [-0.4, -0.2) is 44.2 Å². The van der Waals surface area contributed by atoms with Gasteiger partial charge in [-0.3, -0.25) is 9.59 Å².